The molecular formula is C11H15NO. The zero-order chi connectivity index (χ0) is 9.10. The summed E-state index contributed by atoms with van der Waals surface area (Å²) >= 11 is 0. The first-order chi connectivity index (χ1) is 6.40. The van der Waals surface area contributed by atoms with Gasteiger partial charge in [-0.3, -0.25) is 4.79 Å². The lowest BCUT2D eigenvalue weighted by Gasteiger charge is -2.25. The number of nitrogens with zero attached hydrogens (tertiary/aromatic N) is 1. The van der Waals surface area contributed by atoms with Crippen LogP contribution in [0.1, 0.15) is 36.2 Å². The van der Waals surface area contributed by atoms with Crippen molar-refractivity contribution in [3.63, 3.8) is 0 Å². The van der Waals surface area contributed by atoms with Gasteiger partial charge in [0.15, 0.2) is 6.29 Å². The van der Waals surface area contributed by atoms with Crippen LogP contribution in [0.5, 0.6) is 0 Å². The monoisotopic (exact) mass is 177 g/mol. The van der Waals surface area contributed by atoms with Gasteiger partial charge in [-0.05, 0) is 24.5 Å². The van der Waals surface area contributed by atoms with Gasteiger partial charge >= 0.3 is 0 Å². The highest BCUT2D eigenvalue weighted by Gasteiger charge is 2.16. The van der Waals surface area contributed by atoms with Crippen LogP contribution in [0.25, 0.3) is 0 Å². The van der Waals surface area contributed by atoms with Crippen LogP contribution < -0.4 is 0 Å². The zero-order valence-electron chi connectivity index (χ0n) is 7.78. The Morgan fingerprint density at radius 2 is 2.38 bits per heavy atom. The molecule has 0 atom stereocenters. The van der Waals surface area contributed by atoms with E-state index in [1.807, 2.05) is 22.9 Å². The number of carbonyl (C=O) groups is 1. The molecule has 1 aliphatic carbocycles. The molecule has 0 bridgehead atoms. The first-order valence-electron chi connectivity index (χ1n) is 5.00. The van der Waals surface area contributed by atoms with Gasteiger partial charge in [0.05, 0.1) is 5.69 Å². The molecule has 1 heterocycles. The largest absolute Gasteiger partial charge is 0.345 e. The van der Waals surface area contributed by atoms with Gasteiger partial charge < -0.3 is 4.57 Å². The minimum Gasteiger partial charge on any atom is -0.345 e. The van der Waals surface area contributed by atoms with Gasteiger partial charge in [-0.2, -0.15) is 0 Å². The highest BCUT2D eigenvalue weighted by Crippen LogP contribution is 2.29. The van der Waals surface area contributed by atoms with Crippen LogP contribution >= 0.6 is 0 Å². The predicted octanol–water partition coefficient (Wildman–Crippen LogP) is 2.49. The van der Waals surface area contributed by atoms with Crippen LogP contribution in [-0.4, -0.2) is 10.9 Å². The third kappa shape index (κ3) is 1.82. The van der Waals surface area contributed by atoms with Crippen molar-refractivity contribution in [2.24, 2.45) is 5.92 Å². The van der Waals surface area contributed by atoms with Crippen molar-refractivity contribution < 1.29 is 4.79 Å². The first kappa shape index (κ1) is 8.54. The summed E-state index contributed by atoms with van der Waals surface area (Å²) in [7, 11) is 0. The first-order valence-corrected chi connectivity index (χ1v) is 5.00. The number of hydrogen-bond donors (Lipinski definition) is 0. The fourth-order valence-corrected chi connectivity index (χ4v) is 1.84. The van der Waals surface area contributed by atoms with Gasteiger partial charge in [0.25, 0.3) is 0 Å². The summed E-state index contributed by atoms with van der Waals surface area (Å²) in [4.78, 5) is 10.6. The van der Waals surface area contributed by atoms with Crippen molar-refractivity contribution in [1.29, 1.82) is 0 Å². The van der Waals surface area contributed by atoms with E-state index in [9.17, 15) is 4.79 Å². The van der Waals surface area contributed by atoms with Crippen LogP contribution in [0.15, 0.2) is 18.3 Å². The van der Waals surface area contributed by atoms with E-state index in [0.29, 0.717) is 0 Å². The molecule has 0 amide bonds. The SMILES string of the molecule is O=Cc1cccn1CCC1CCC1. The van der Waals surface area contributed by atoms with E-state index in [1.54, 1.807) is 0 Å². The highest BCUT2D eigenvalue weighted by atomic mass is 16.1. The fourth-order valence-electron chi connectivity index (χ4n) is 1.84. The summed E-state index contributed by atoms with van der Waals surface area (Å²) in [5.41, 5.74) is 0.805. The molecule has 1 fully saturated rings. The van der Waals surface area contributed by atoms with Crippen molar-refractivity contribution in [2.45, 2.75) is 32.2 Å². The summed E-state index contributed by atoms with van der Waals surface area (Å²) in [6.45, 7) is 1.01. The number of aldehydes is 1. The molecule has 2 rings (SSSR count). The number of aromatic nitrogens is 1. The van der Waals surface area contributed by atoms with Crippen molar-refractivity contribution in [2.75, 3.05) is 0 Å². The fraction of sp³-hybridized carbons (Fsp3) is 0.545. The predicted molar refractivity (Wildman–Crippen MR) is 51.8 cm³/mol. The maximum absolute atomic E-state index is 10.6. The second kappa shape index (κ2) is 3.77. The van der Waals surface area contributed by atoms with Crippen molar-refractivity contribution in [3.05, 3.63) is 24.0 Å². The van der Waals surface area contributed by atoms with E-state index in [4.69, 9.17) is 0 Å². The summed E-state index contributed by atoms with van der Waals surface area (Å²) in [6, 6.07) is 3.80. The van der Waals surface area contributed by atoms with Crippen LogP contribution in [0.2, 0.25) is 0 Å². The lowest BCUT2D eigenvalue weighted by atomic mass is 9.83. The molecule has 0 radical (unpaired) electrons. The van der Waals surface area contributed by atoms with Crippen molar-refractivity contribution in [1.82, 2.24) is 4.57 Å². The second-order valence-electron chi connectivity index (χ2n) is 3.83. The average Bonchev–Trinajstić information content (AvgIpc) is 2.49. The third-order valence-corrected chi connectivity index (χ3v) is 2.99. The van der Waals surface area contributed by atoms with Gasteiger partial charge in [-0.25, -0.2) is 0 Å². The highest BCUT2D eigenvalue weighted by molar-refractivity contribution is 5.72. The molecule has 0 saturated heterocycles. The van der Waals surface area contributed by atoms with Crippen LogP contribution in [0, 0.1) is 5.92 Å². The summed E-state index contributed by atoms with van der Waals surface area (Å²) in [5, 5.41) is 0. The van der Waals surface area contributed by atoms with E-state index >= 15 is 0 Å². The van der Waals surface area contributed by atoms with Gasteiger partial charge in [-0.15, -0.1) is 0 Å². The molecule has 1 saturated carbocycles. The standard InChI is InChI=1S/C11H15NO/c13-9-11-5-2-7-12(11)8-6-10-3-1-4-10/h2,5,7,9-10H,1,3-4,6,8H2. The van der Waals surface area contributed by atoms with Crippen molar-refractivity contribution >= 4 is 6.29 Å². The average molecular weight is 177 g/mol. The Labute approximate surface area is 78.6 Å². The number of rotatable bonds is 4. The van der Waals surface area contributed by atoms with Gasteiger partial charge in [0.2, 0.25) is 0 Å². The molecule has 0 unspecified atom stereocenters. The minimum atomic E-state index is 0.805. The van der Waals surface area contributed by atoms with E-state index in [0.717, 1.165) is 24.4 Å². The molecule has 2 nitrogen and oxygen atoms in total. The lowest BCUT2D eigenvalue weighted by molar-refractivity contribution is 0.111. The molecule has 13 heavy (non-hydrogen) atoms. The maximum atomic E-state index is 10.6. The van der Waals surface area contributed by atoms with E-state index in [2.05, 4.69) is 0 Å². The minimum absolute atomic E-state index is 0.805. The third-order valence-electron chi connectivity index (χ3n) is 2.99. The maximum Gasteiger partial charge on any atom is 0.166 e. The summed E-state index contributed by atoms with van der Waals surface area (Å²) in [6.07, 6.45) is 8.32. The van der Waals surface area contributed by atoms with Crippen LogP contribution in [-0.2, 0) is 6.54 Å². The van der Waals surface area contributed by atoms with Gasteiger partial charge in [0, 0.05) is 12.7 Å². The molecule has 1 aromatic rings. The number of hydrogen-bond acceptors (Lipinski definition) is 1. The Bertz CT molecular complexity index is 286. The molecule has 0 spiro atoms. The van der Waals surface area contributed by atoms with E-state index < -0.39 is 0 Å². The molecule has 2 heteroatoms. The quantitative estimate of drug-likeness (QED) is 0.648. The molecule has 0 aromatic carbocycles. The smallest absolute Gasteiger partial charge is 0.166 e. The molecule has 1 aliphatic rings. The molecular weight excluding hydrogens is 162 g/mol. The van der Waals surface area contributed by atoms with Gasteiger partial charge in [-0.1, -0.05) is 19.3 Å². The molecule has 0 N–H and O–H groups in total. The van der Waals surface area contributed by atoms with E-state index in [1.165, 1.54) is 25.7 Å². The lowest BCUT2D eigenvalue weighted by Crippen LogP contribution is -2.14. The Kier molecular flexibility index (Phi) is 2.48. The number of aryl methyl sites for hydroxylation is 1. The number of carbonyl (C=O) groups excluding carboxylic acids is 1. The molecule has 0 aliphatic heterocycles. The Balaban J connectivity index is 1.88. The normalized spacial score (nSPS) is 16.9. The van der Waals surface area contributed by atoms with Crippen LogP contribution in [0.3, 0.4) is 0 Å². The second-order valence-corrected chi connectivity index (χ2v) is 3.83. The summed E-state index contributed by atoms with van der Waals surface area (Å²) in [5.74, 6) is 0.918. The Morgan fingerprint density at radius 1 is 1.54 bits per heavy atom. The Morgan fingerprint density at radius 3 is 3.00 bits per heavy atom. The Hall–Kier alpha value is -1.05. The molecule has 70 valence electrons. The molecule has 1 aromatic heterocycles. The zero-order valence-corrected chi connectivity index (χ0v) is 7.78. The van der Waals surface area contributed by atoms with Gasteiger partial charge in [0.1, 0.15) is 0 Å². The van der Waals surface area contributed by atoms with Crippen LogP contribution in [0.4, 0.5) is 0 Å². The van der Waals surface area contributed by atoms with Crippen molar-refractivity contribution in [3.8, 4) is 0 Å². The topological polar surface area (TPSA) is 22.0 Å². The van der Waals surface area contributed by atoms with E-state index in [-0.39, 0.29) is 0 Å². The summed E-state index contributed by atoms with van der Waals surface area (Å²) < 4.78 is 2.05.